The van der Waals surface area contributed by atoms with E-state index in [0.29, 0.717) is 47.8 Å². The number of phenols is 1. The maximum atomic E-state index is 12.4. The van der Waals surface area contributed by atoms with Gasteiger partial charge in [0.1, 0.15) is 5.75 Å². The highest BCUT2D eigenvalue weighted by Crippen LogP contribution is 2.65. The number of anilines is 1. The second-order valence-electron chi connectivity index (χ2n) is 18.6. The largest absolute Gasteiger partial charge is 0.508 e. The summed E-state index contributed by atoms with van der Waals surface area (Å²) < 4.78 is 1.83. The third-order valence-corrected chi connectivity index (χ3v) is 15.8. The Balaban J connectivity index is 0.000000119. The summed E-state index contributed by atoms with van der Waals surface area (Å²) in [4.78, 5) is 40.0. The van der Waals surface area contributed by atoms with Crippen LogP contribution in [0.5, 0.6) is 5.75 Å². The highest BCUT2D eigenvalue weighted by atomic mass is 16.4. The predicted molar refractivity (Wildman–Crippen MR) is 217 cm³/mol. The number of carbonyl (C=O) groups is 3. The number of rotatable bonds is 3. The molecule has 0 amide bonds. The molecule has 3 aromatic rings. The summed E-state index contributed by atoms with van der Waals surface area (Å²) in [6.45, 7) is 8.79. The van der Waals surface area contributed by atoms with Crippen LogP contribution in [0.4, 0.5) is 5.69 Å². The first-order valence-electron chi connectivity index (χ1n) is 20.9. The number of ketones is 2. The van der Waals surface area contributed by atoms with E-state index in [2.05, 4.69) is 44.7 Å². The molecule has 298 valence electrons. The van der Waals surface area contributed by atoms with Gasteiger partial charge in [0.2, 0.25) is 5.78 Å². The molecule has 10 rings (SSSR count). The first-order chi connectivity index (χ1) is 26.7. The van der Waals surface area contributed by atoms with Crippen LogP contribution in [-0.2, 0) is 21.5 Å². The summed E-state index contributed by atoms with van der Waals surface area (Å²) >= 11 is 0. The Kier molecular flexibility index (Phi) is 9.88. The van der Waals surface area contributed by atoms with Gasteiger partial charge in [0.15, 0.2) is 5.78 Å². The number of likely N-dealkylation sites (N-methyl/N-ethyl adjacent to an activating group) is 2. The lowest BCUT2D eigenvalue weighted by atomic mass is 9.47. The summed E-state index contributed by atoms with van der Waals surface area (Å²) in [7, 11) is 4.33. The number of carboxylic acid groups (broad SMARTS) is 1. The molecule has 1 aromatic heterocycles. The number of fused-ring (bicyclic) bond motifs is 9. The molecule has 3 unspecified atom stereocenters. The van der Waals surface area contributed by atoms with Crippen LogP contribution in [-0.4, -0.2) is 75.2 Å². The van der Waals surface area contributed by atoms with Crippen molar-refractivity contribution in [1.29, 1.82) is 0 Å². The van der Waals surface area contributed by atoms with Gasteiger partial charge in [-0.1, -0.05) is 56.7 Å². The molecule has 9 atom stereocenters. The maximum Gasteiger partial charge on any atom is 0.312 e. The number of benzene rings is 2. The van der Waals surface area contributed by atoms with Gasteiger partial charge in [0.25, 0.3) is 0 Å². The first-order valence-corrected chi connectivity index (χ1v) is 20.9. The van der Waals surface area contributed by atoms with Crippen molar-refractivity contribution in [3.8, 4) is 5.75 Å². The number of hydrogen-bond acceptors (Lipinski definition) is 7. The molecule has 9 heteroatoms. The number of aliphatic hydroxyl groups excluding tert-OH is 1. The minimum absolute atomic E-state index is 0.0575. The van der Waals surface area contributed by atoms with E-state index in [9.17, 15) is 24.6 Å². The van der Waals surface area contributed by atoms with Crippen LogP contribution in [0.25, 0.3) is 0 Å². The van der Waals surface area contributed by atoms with Crippen molar-refractivity contribution < 1.29 is 29.7 Å². The van der Waals surface area contributed by atoms with E-state index in [1.807, 2.05) is 41.0 Å². The number of aromatic hydroxyl groups is 1. The number of aliphatic carboxylic acids is 1. The zero-order valence-corrected chi connectivity index (χ0v) is 33.7. The molecular weight excluding hydrogens is 703 g/mol. The van der Waals surface area contributed by atoms with Gasteiger partial charge in [0.05, 0.1) is 23.9 Å². The second kappa shape index (κ2) is 14.3. The van der Waals surface area contributed by atoms with Gasteiger partial charge >= 0.3 is 5.97 Å². The second-order valence-corrected chi connectivity index (χ2v) is 18.6. The fourth-order valence-electron chi connectivity index (χ4n) is 12.7. The summed E-state index contributed by atoms with van der Waals surface area (Å²) in [6, 6.07) is 18.3. The van der Waals surface area contributed by atoms with Crippen LogP contribution in [0.15, 0.2) is 72.3 Å². The van der Waals surface area contributed by atoms with Crippen LogP contribution in [0, 0.1) is 28.6 Å². The number of allylic oxidation sites excluding steroid dienone is 1. The number of phenolic OH excluding ortho intramolecular Hbond substituents is 1. The average molecular weight is 762 g/mol. The number of carbonyl (C=O) groups excluding carboxylic acids is 2. The van der Waals surface area contributed by atoms with Crippen molar-refractivity contribution >= 4 is 23.2 Å². The zero-order valence-electron chi connectivity index (χ0n) is 33.7. The lowest BCUT2D eigenvalue weighted by molar-refractivity contribution is -0.138. The number of nitrogens with zero attached hydrogens (tertiary/aromatic N) is 3. The fraction of sp³-hybridized carbons (Fsp3) is 0.553. The number of aromatic nitrogens is 1. The van der Waals surface area contributed by atoms with E-state index in [1.54, 1.807) is 30.3 Å². The van der Waals surface area contributed by atoms with E-state index < -0.39 is 11.9 Å². The Hall–Kier alpha value is -4.21. The smallest absolute Gasteiger partial charge is 0.312 e. The van der Waals surface area contributed by atoms with Crippen LogP contribution >= 0.6 is 0 Å². The van der Waals surface area contributed by atoms with Crippen molar-refractivity contribution in [2.45, 2.75) is 115 Å². The molecule has 0 spiro atoms. The molecule has 7 aliphatic rings. The molecule has 0 radical (unpaired) electrons. The predicted octanol–water partition coefficient (Wildman–Crippen LogP) is 7.93. The Morgan fingerprint density at radius 3 is 2.32 bits per heavy atom. The molecule has 1 saturated heterocycles. The minimum atomic E-state index is -0.824. The molecule has 4 aliphatic carbocycles. The Bertz CT molecular complexity index is 2060. The number of likely N-dealkylation sites (tertiary alicyclic amines) is 1. The molecule has 3 N–H and O–H groups in total. The highest BCUT2D eigenvalue weighted by Gasteiger charge is 2.59. The molecular formula is C47H59N3O6. The summed E-state index contributed by atoms with van der Waals surface area (Å²) in [5.74, 6) is 1.58. The standard InChI is InChI=1S/C19H28O2.C15H13NO3.C13H18N2O/c1-18-9-7-13(20)11-12(18)3-4-14-15-5-6-17(21)19(15,2)10-8-16(14)18;17-14(10-4-2-1-3-5-10)13-7-6-12-11(15(18)19)8-9-16(12)13;1-13-6-7-14(2)12(13)15(3)11-5-4-9(16)8-10(11)13/h11,14-17,21H,3-10H2,1-2H3;1-7,11H,8-9H2,(H,18,19);4-5,8,12,16H,6-7H2,1-3H3/t14-,15-,16-,17-,18-,19-;;/m0../s1. The van der Waals surface area contributed by atoms with Crippen LogP contribution < -0.4 is 4.90 Å². The summed E-state index contributed by atoms with van der Waals surface area (Å²) in [5, 5.41) is 29.2. The van der Waals surface area contributed by atoms with E-state index in [4.69, 9.17) is 5.11 Å². The third kappa shape index (κ3) is 6.15. The van der Waals surface area contributed by atoms with Crippen molar-refractivity contribution in [2.75, 3.05) is 25.5 Å². The number of carboxylic acids is 1. The van der Waals surface area contributed by atoms with Gasteiger partial charge in [-0.3, -0.25) is 19.3 Å². The fourth-order valence-corrected chi connectivity index (χ4v) is 12.7. The van der Waals surface area contributed by atoms with E-state index in [0.717, 1.165) is 56.2 Å². The van der Waals surface area contributed by atoms with Crippen LogP contribution in [0.3, 0.4) is 0 Å². The van der Waals surface area contributed by atoms with E-state index in [1.165, 1.54) is 42.5 Å². The van der Waals surface area contributed by atoms with Crippen molar-refractivity contribution in [3.05, 3.63) is 94.8 Å². The molecule has 0 bridgehead atoms. The summed E-state index contributed by atoms with van der Waals surface area (Å²) in [6.07, 6.45) is 12.9. The van der Waals surface area contributed by atoms with Gasteiger partial charge in [-0.15, -0.1) is 0 Å². The van der Waals surface area contributed by atoms with Crippen molar-refractivity contribution in [3.63, 3.8) is 0 Å². The molecule has 9 nitrogen and oxygen atoms in total. The van der Waals surface area contributed by atoms with E-state index >= 15 is 0 Å². The average Bonchev–Trinajstić information content (AvgIpc) is 3.97. The van der Waals surface area contributed by atoms with Gasteiger partial charge in [-0.2, -0.15) is 0 Å². The Morgan fingerprint density at radius 2 is 1.57 bits per heavy atom. The maximum absolute atomic E-state index is 12.4. The van der Waals surface area contributed by atoms with Crippen molar-refractivity contribution in [1.82, 2.24) is 9.47 Å². The monoisotopic (exact) mass is 761 g/mol. The molecule has 4 heterocycles. The molecule has 56 heavy (non-hydrogen) atoms. The SMILES string of the molecule is CN1CCC2(C)c3cc(O)ccc3N(C)C12.C[C@]12CC[C@H]3[C@@H](CCC4=CC(=O)CC[C@@]43C)[C@@H]1CC[C@@H]2O.O=C(c1ccccc1)c1ccc2n1CCC2C(=O)O. The lowest BCUT2D eigenvalue weighted by Gasteiger charge is -2.57. The Labute approximate surface area is 331 Å². The lowest BCUT2D eigenvalue weighted by Crippen LogP contribution is -2.51. The zero-order chi connectivity index (χ0) is 39.7. The normalized spacial score (nSPS) is 35.0. The molecule has 3 aliphatic heterocycles. The third-order valence-electron chi connectivity index (χ3n) is 15.8. The van der Waals surface area contributed by atoms with Gasteiger partial charge < -0.3 is 24.8 Å². The van der Waals surface area contributed by atoms with Gasteiger partial charge in [0, 0.05) is 48.9 Å². The minimum Gasteiger partial charge on any atom is -0.508 e. The topological polar surface area (TPSA) is 123 Å². The number of hydrogen-bond donors (Lipinski definition) is 3. The summed E-state index contributed by atoms with van der Waals surface area (Å²) in [5.41, 5.74) is 6.54. The van der Waals surface area contributed by atoms with E-state index in [-0.39, 0.29) is 28.1 Å². The first kappa shape index (κ1) is 38.7. The molecule has 3 saturated carbocycles. The van der Waals surface area contributed by atoms with Crippen molar-refractivity contribution in [2.24, 2.45) is 28.6 Å². The molecule has 2 aromatic carbocycles. The van der Waals surface area contributed by atoms with Crippen LogP contribution in [0.1, 0.15) is 118 Å². The highest BCUT2D eigenvalue weighted by molar-refractivity contribution is 6.08. The van der Waals surface area contributed by atoms with Crippen LogP contribution in [0.2, 0.25) is 0 Å². The van der Waals surface area contributed by atoms with Gasteiger partial charge in [-0.25, -0.2) is 0 Å². The quantitative estimate of drug-likeness (QED) is 0.230. The molecule has 4 fully saturated rings. The number of aliphatic hydroxyl groups is 1. The Morgan fingerprint density at radius 1 is 0.804 bits per heavy atom. The van der Waals surface area contributed by atoms with Gasteiger partial charge in [-0.05, 0) is 135 Å².